The number of imidazole rings is 1. The lowest BCUT2D eigenvalue weighted by Crippen LogP contribution is -2.47. The molecule has 7 nitrogen and oxygen atoms in total. The van der Waals surface area contributed by atoms with E-state index in [-0.39, 0.29) is 5.92 Å². The average Bonchev–Trinajstić information content (AvgIpc) is 2.99. The highest BCUT2D eigenvalue weighted by Gasteiger charge is 2.37. The summed E-state index contributed by atoms with van der Waals surface area (Å²) in [5, 5.41) is 14.0. The van der Waals surface area contributed by atoms with E-state index in [2.05, 4.69) is 20.6 Å². The summed E-state index contributed by atoms with van der Waals surface area (Å²) in [6.07, 6.45) is 4.82. The number of nitrogens with one attached hydrogen (secondary N) is 3. The average molecular weight is 238 g/mol. The van der Waals surface area contributed by atoms with Crippen molar-refractivity contribution in [1.82, 2.24) is 20.6 Å². The Morgan fingerprint density at radius 2 is 2.35 bits per heavy atom. The van der Waals surface area contributed by atoms with Crippen LogP contribution in [0.1, 0.15) is 18.5 Å². The molecule has 92 valence electrons. The summed E-state index contributed by atoms with van der Waals surface area (Å²) in [5.74, 6) is -0.908. The topological polar surface area (TPSA) is 107 Å². The van der Waals surface area contributed by atoms with Crippen molar-refractivity contribution in [3.63, 3.8) is 0 Å². The molecule has 0 saturated heterocycles. The van der Waals surface area contributed by atoms with Gasteiger partial charge >= 0.3 is 12.0 Å². The summed E-state index contributed by atoms with van der Waals surface area (Å²) in [5.41, 5.74) is 0.762. The maximum Gasteiger partial charge on any atom is 0.326 e. The standard InChI is InChI=1S/C10H14N4O3/c15-9(16)8(6-1-2-6)14-10(17)12-4-7-3-11-5-13-7/h3,5-6,8H,1-2,4H2,(H,11,13)(H,15,16)(H2,12,14,17). The van der Waals surface area contributed by atoms with Crippen LogP contribution in [-0.2, 0) is 11.3 Å². The van der Waals surface area contributed by atoms with Crippen molar-refractivity contribution < 1.29 is 14.7 Å². The number of nitrogens with zero attached hydrogens (tertiary/aromatic N) is 1. The Kier molecular flexibility index (Phi) is 3.27. The second-order valence-corrected chi connectivity index (χ2v) is 4.06. The van der Waals surface area contributed by atoms with Crippen LogP contribution < -0.4 is 10.6 Å². The van der Waals surface area contributed by atoms with Crippen molar-refractivity contribution in [2.45, 2.75) is 25.4 Å². The van der Waals surface area contributed by atoms with Gasteiger partial charge < -0.3 is 20.7 Å². The normalized spacial score (nSPS) is 16.2. The quantitative estimate of drug-likeness (QED) is 0.582. The molecule has 2 rings (SSSR count). The number of carbonyl (C=O) groups is 2. The SMILES string of the molecule is O=C(NCc1cnc[nH]1)NC(C(=O)O)C1CC1. The van der Waals surface area contributed by atoms with E-state index < -0.39 is 18.0 Å². The number of aromatic nitrogens is 2. The maximum absolute atomic E-state index is 11.5. The van der Waals surface area contributed by atoms with E-state index in [0.29, 0.717) is 6.54 Å². The maximum atomic E-state index is 11.5. The highest BCUT2D eigenvalue weighted by molar-refractivity contribution is 5.83. The van der Waals surface area contributed by atoms with Crippen LogP contribution in [0.25, 0.3) is 0 Å². The van der Waals surface area contributed by atoms with E-state index >= 15 is 0 Å². The van der Waals surface area contributed by atoms with Crippen LogP contribution in [0.15, 0.2) is 12.5 Å². The number of H-pyrrole nitrogens is 1. The summed E-state index contributed by atoms with van der Waals surface area (Å²) < 4.78 is 0. The lowest BCUT2D eigenvalue weighted by Gasteiger charge is -2.13. The summed E-state index contributed by atoms with van der Waals surface area (Å²) in [4.78, 5) is 29.0. The Balaban J connectivity index is 1.77. The fourth-order valence-corrected chi connectivity index (χ4v) is 1.56. The second-order valence-electron chi connectivity index (χ2n) is 4.06. The molecule has 1 aliphatic rings. The van der Waals surface area contributed by atoms with Crippen molar-refractivity contribution in [3.05, 3.63) is 18.2 Å². The second kappa shape index (κ2) is 4.86. The first-order valence-electron chi connectivity index (χ1n) is 5.41. The Bertz CT molecular complexity index is 400. The van der Waals surface area contributed by atoms with Crippen LogP contribution in [0, 0.1) is 5.92 Å². The minimum Gasteiger partial charge on any atom is -0.480 e. The van der Waals surface area contributed by atoms with Gasteiger partial charge in [-0.05, 0) is 18.8 Å². The molecule has 4 N–H and O–H groups in total. The molecule has 1 saturated carbocycles. The first-order chi connectivity index (χ1) is 8.16. The predicted molar refractivity (Wildman–Crippen MR) is 58.1 cm³/mol. The third-order valence-electron chi connectivity index (χ3n) is 2.64. The summed E-state index contributed by atoms with van der Waals surface area (Å²) in [6.45, 7) is 0.294. The molecule has 1 atom stereocenters. The number of carboxylic acid groups (broad SMARTS) is 1. The number of carbonyl (C=O) groups excluding carboxylic acids is 1. The molecule has 17 heavy (non-hydrogen) atoms. The minimum absolute atomic E-state index is 0.0744. The zero-order chi connectivity index (χ0) is 12.3. The van der Waals surface area contributed by atoms with Gasteiger partial charge in [0.25, 0.3) is 0 Å². The summed E-state index contributed by atoms with van der Waals surface area (Å²) in [6, 6.07) is -1.25. The van der Waals surface area contributed by atoms with Crippen LogP contribution in [0.3, 0.4) is 0 Å². The van der Waals surface area contributed by atoms with Gasteiger partial charge in [0.15, 0.2) is 0 Å². The molecule has 0 aliphatic heterocycles. The number of carboxylic acids is 1. The first-order valence-corrected chi connectivity index (χ1v) is 5.41. The number of urea groups is 1. The van der Waals surface area contributed by atoms with Gasteiger partial charge in [0.05, 0.1) is 18.6 Å². The molecule has 1 aromatic heterocycles. The molecule has 1 aliphatic carbocycles. The van der Waals surface area contributed by atoms with Gasteiger partial charge in [0, 0.05) is 6.20 Å². The lowest BCUT2D eigenvalue weighted by atomic mass is 10.2. The molecule has 1 fully saturated rings. The van der Waals surface area contributed by atoms with E-state index in [1.165, 1.54) is 6.33 Å². The monoisotopic (exact) mass is 238 g/mol. The lowest BCUT2D eigenvalue weighted by molar-refractivity contribution is -0.139. The Morgan fingerprint density at radius 1 is 1.59 bits per heavy atom. The Labute approximate surface area is 97.6 Å². The van der Waals surface area contributed by atoms with Crippen LogP contribution in [0.4, 0.5) is 4.79 Å². The number of hydrogen-bond donors (Lipinski definition) is 4. The van der Waals surface area contributed by atoms with Gasteiger partial charge in [-0.2, -0.15) is 0 Å². The van der Waals surface area contributed by atoms with Gasteiger partial charge in [-0.15, -0.1) is 0 Å². The van der Waals surface area contributed by atoms with Gasteiger partial charge in [-0.3, -0.25) is 0 Å². The molecular formula is C10H14N4O3. The highest BCUT2D eigenvalue weighted by Crippen LogP contribution is 2.32. The summed E-state index contributed by atoms with van der Waals surface area (Å²) in [7, 11) is 0. The number of aromatic amines is 1. The highest BCUT2D eigenvalue weighted by atomic mass is 16.4. The molecule has 1 heterocycles. The molecule has 7 heteroatoms. The molecule has 2 amide bonds. The number of amides is 2. The predicted octanol–water partition coefficient (Wildman–Crippen LogP) is 0.0721. The number of rotatable bonds is 5. The molecule has 0 aromatic carbocycles. The van der Waals surface area contributed by atoms with Crippen molar-refractivity contribution in [1.29, 1.82) is 0 Å². The third kappa shape index (κ3) is 3.20. The van der Waals surface area contributed by atoms with Crippen LogP contribution >= 0.6 is 0 Å². The van der Waals surface area contributed by atoms with E-state index in [4.69, 9.17) is 5.11 Å². The third-order valence-corrected chi connectivity index (χ3v) is 2.64. The Hall–Kier alpha value is -2.05. The van der Waals surface area contributed by atoms with Gasteiger partial charge in [0.2, 0.25) is 0 Å². The van der Waals surface area contributed by atoms with E-state index in [0.717, 1.165) is 18.5 Å². The van der Waals surface area contributed by atoms with Gasteiger partial charge in [0.1, 0.15) is 6.04 Å². The van der Waals surface area contributed by atoms with Gasteiger partial charge in [-0.25, -0.2) is 14.6 Å². The molecule has 1 unspecified atom stereocenters. The van der Waals surface area contributed by atoms with Crippen molar-refractivity contribution >= 4 is 12.0 Å². The van der Waals surface area contributed by atoms with Crippen molar-refractivity contribution in [2.75, 3.05) is 0 Å². The Morgan fingerprint density at radius 3 is 2.88 bits per heavy atom. The molecule has 0 bridgehead atoms. The number of aliphatic carboxylic acids is 1. The van der Waals surface area contributed by atoms with E-state index in [1.54, 1.807) is 6.20 Å². The first kappa shape index (κ1) is 11.4. The fourth-order valence-electron chi connectivity index (χ4n) is 1.56. The molecule has 1 aromatic rings. The molecule has 0 radical (unpaired) electrons. The van der Waals surface area contributed by atoms with Crippen molar-refractivity contribution in [2.24, 2.45) is 5.92 Å². The van der Waals surface area contributed by atoms with E-state index in [9.17, 15) is 9.59 Å². The summed E-state index contributed by atoms with van der Waals surface area (Å²) >= 11 is 0. The zero-order valence-corrected chi connectivity index (χ0v) is 9.14. The van der Waals surface area contributed by atoms with Crippen LogP contribution in [-0.4, -0.2) is 33.1 Å². The largest absolute Gasteiger partial charge is 0.480 e. The smallest absolute Gasteiger partial charge is 0.326 e. The van der Waals surface area contributed by atoms with E-state index in [1.807, 2.05) is 0 Å². The minimum atomic E-state index is -0.982. The fraction of sp³-hybridized carbons (Fsp3) is 0.500. The number of hydrogen-bond acceptors (Lipinski definition) is 3. The van der Waals surface area contributed by atoms with Crippen LogP contribution in [0.2, 0.25) is 0 Å². The van der Waals surface area contributed by atoms with Gasteiger partial charge in [-0.1, -0.05) is 0 Å². The molecule has 0 spiro atoms. The zero-order valence-electron chi connectivity index (χ0n) is 9.14. The van der Waals surface area contributed by atoms with Crippen molar-refractivity contribution in [3.8, 4) is 0 Å². The molecular weight excluding hydrogens is 224 g/mol. The van der Waals surface area contributed by atoms with Crippen LogP contribution in [0.5, 0.6) is 0 Å².